The molecule has 3 nitrogen and oxygen atoms in total. The Morgan fingerprint density at radius 3 is 2.62 bits per heavy atom. The Kier molecular flexibility index (Phi) is 2.37. The molecule has 1 heterocycles. The van der Waals surface area contributed by atoms with Gasteiger partial charge in [0, 0.05) is 0 Å². The summed E-state index contributed by atoms with van der Waals surface area (Å²) < 4.78 is 36.6. The van der Waals surface area contributed by atoms with Crippen LogP contribution in [0.4, 0.5) is 13.2 Å². The first kappa shape index (κ1) is 9.32. The molecule has 0 spiro atoms. The molecule has 68 valence electrons. The molecular formula is C7H3F3N2O. The van der Waals surface area contributed by atoms with E-state index in [0.29, 0.717) is 6.07 Å². The molecule has 0 saturated heterocycles. The molecule has 1 rings (SSSR count). The largest absolute Gasteiger partial charge is 0.505 e. The number of hydrogen-bond donors (Lipinski definition) is 1. The second kappa shape index (κ2) is 3.31. The van der Waals surface area contributed by atoms with Crippen molar-refractivity contribution >= 4 is 0 Å². The van der Waals surface area contributed by atoms with Gasteiger partial charge in [-0.15, -0.1) is 0 Å². The molecule has 0 amide bonds. The normalized spacial score (nSPS) is 10.1. The van der Waals surface area contributed by atoms with Crippen LogP contribution in [0.1, 0.15) is 17.7 Å². The molecule has 1 aromatic rings. The Balaban J connectivity index is 3.31. The Hall–Kier alpha value is -1.77. The molecule has 13 heavy (non-hydrogen) atoms. The molecule has 0 bridgehead atoms. The van der Waals surface area contributed by atoms with E-state index in [1.807, 2.05) is 0 Å². The minimum absolute atomic E-state index is 0.492. The molecule has 1 N–H and O–H groups in total. The van der Waals surface area contributed by atoms with Crippen molar-refractivity contribution in [1.82, 2.24) is 4.98 Å². The van der Waals surface area contributed by atoms with Gasteiger partial charge in [0.1, 0.15) is 6.07 Å². The number of nitrogens with zero attached hydrogens (tertiary/aromatic N) is 2. The molecular weight excluding hydrogens is 185 g/mol. The second-order valence-electron chi connectivity index (χ2n) is 2.15. The molecule has 0 fully saturated rings. The summed E-state index contributed by atoms with van der Waals surface area (Å²) in [7, 11) is 0. The number of aromatic hydroxyl groups is 1. The monoisotopic (exact) mass is 188 g/mol. The van der Waals surface area contributed by atoms with Crippen LogP contribution in [-0.2, 0) is 0 Å². The van der Waals surface area contributed by atoms with Crippen molar-refractivity contribution in [2.45, 2.75) is 6.43 Å². The lowest BCUT2D eigenvalue weighted by Crippen LogP contribution is -1.97. The van der Waals surface area contributed by atoms with E-state index in [-0.39, 0.29) is 0 Å². The molecule has 0 radical (unpaired) electrons. The molecule has 0 saturated carbocycles. The van der Waals surface area contributed by atoms with E-state index in [1.165, 1.54) is 6.07 Å². The van der Waals surface area contributed by atoms with Crippen molar-refractivity contribution in [2.24, 2.45) is 0 Å². The average Bonchev–Trinajstić information content (AvgIpc) is 2.07. The van der Waals surface area contributed by atoms with E-state index in [1.54, 1.807) is 0 Å². The zero-order valence-electron chi connectivity index (χ0n) is 6.13. The fourth-order valence-electron chi connectivity index (χ4n) is 0.730. The highest BCUT2D eigenvalue weighted by Gasteiger charge is 2.17. The third-order valence-corrected chi connectivity index (χ3v) is 1.32. The van der Waals surface area contributed by atoms with Crippen LogP contribution in [0.5, 0.6) is 5.75 Å². The lowest BCUT2D eigenvalue weighted by molar-refractivity contribution is 0.144. The van der Waals surface area contributed by atoms with Crippen LogP contribution >= 0.6 is 0 Å². The topological polar surface area (TPSA) is 56.9 Å². The summed E-state index contributed by atoms with van der Waals surface area (Å²) in [6, 6.07) is 1.85. The van der Waals surface area contributed by atoms with E-state index in [9.17, 15) is 13.2 Å². The van der Waals surface area contributed by atoms with Crippen LogP contribution in [-0.4, -0.2) is 10.1 Å². The van der Waals surface area contributed by atoms with Crippen molar-refractivity contribution in [3.8, 4) is 11.8 Å². The van der Waals surface area contributed by atoms with Gasteiger partial charge in [-0.1, -0.05) is 0 Å². The first-order valence-electron chi connectivity index (χ1n) is 3.14. The first-order valence-corrected chi connectivity index (χ1v) is 3.14. The van der Waals surface area contributed by atoms with Gasteiger partial charge in [0.05, 0.1) is 5.56 Å². The first-order chi connectivity index (χ1) is 6.06. The minimum atomic E-state index is -3.06. The quantitative estimate of drug-likeness (QED) is 0.683. The van der Waals surface area contributed by atoms with Crippen LogP contribution in [0.25, 0.3) is 0 Å². The minimum Gasteiger partial charge on any atom is -0.505 e. The maximum atomic E-state index is 12.6. The summed E-state index contributed by atoms with van der Waals surface area (Å²) in [5.41, 5.74) is -1.63. The Morgan fingerprint density at radius 1 is 1.54 bits per heavy atom. The van der Waals surface area contributed by atoms with Gasteiger partial charge in [-0.3, -0.25) is 0 Å². The highest BCUT2D eigenvalue weighted by molar-refractivity contribution is 5.38. The predicted octanol–water partition coefficient (Wildman–Crippen LogP) is 1.74. The zero-order valence-corrected chi connectivity index (χ0v) is 6.13. The summed E-state index contributed by atoms with van der Waals surface area (Å²) in [4.78, 5) is 2.85. The van der Waals surface area contributed by atoms with Crippen LogP contribution in [0.2, 0.25) is 0 Å². The summed E-state index contributed by atoms with van der Waals surface area (Å²) in [5.74, 6) is -2.19. The number of pyridine rings is 1. The van der Waals surface area contributed by atoms with Gasteiger partial charge in [-0.2, -0.15) is 9.65 Å². The van der Waals surface area contributed by atoms with E-state index in [2.05, 4.69) is 4.98 Å². The number of alkyl halides is 2. The zero-order chi connectivity index (χ0) is 10.0. The lowest BCUT2D eigenvalue weighted by atomic mass is 10.2. The number of aromatic nitrogens is 1. The molecule has 0 aliphatic carbocycles. The van der Waals surface area contributed by atoms with Crippen molar-refractivity contribution < 1.29 is 18.3 Å². The average molecular weight is 188 g/mol. The third kappa shape index (κ3) is 1.69. The molecule has 1 aromatic heterocycles. The predicted molar refractivity (Wildman–Crippen MR) is 35.5 cm³/mol. The van der Waals surface area contributed by atoms with E-state index < -0.39 is 29.4 Å². The molecule has 0 aromatic carbocycles. The summed E-state index contributed by atoms with van der Waals surface area (Å²) in [5, 5.41) is 17.1. The number of rotatable bonds is 1. The van der Waals surface area contributed by atoms with Crippen molar-refractivity contribution in [1.29, 1.82) is 5.26 Å². The Morgan fingerprint density at radius 2 is 2.15 bits per heavy atom. The van der Waals surface area contributed by atoms with Gasteiger partial charge in [-0.05, 0) is 6.07 Å². The maximum Gasteiger partial charge on any atom is 0.268 e. The maximum absolute atomic E-state index is 12.6. The highest BCUT2D eigenvalue weighted by atomic mass is 19.3. The molecule has 0 aliphatic rings. The summed E-state index contributed by atoms with van der Waals surface area (Å²) in [6.07, 6.45) is -3.06. The standard InChI is InChI=1S/C7H3F3N2O/c8-6(9)3-1-5(13)4(2-11)12-7(3)10/h1,6,13H. The second-order valence-corrected chi connectivity index (χ2v) is 2.15. The highest BCUT2D eigenvalue weighted by Crippen LogP contribution is 2.25. The number of halogens is 3. The number of hydrogen-bond acceptors (Lipinski definition) is 3. The van der Waals surface area contributed by atoms with Crippen LogP contribution in [0, 0.1) is 17.3 Å². The smallest absolute Gasteiger partial charge is 0.268 e. The van der Waals surface area contributed by atoms with Gasteiger partial charge >= 0.3 is 0 Å². The number of nitriles is 1. The van der Waals surface area contributed by atoms with Crippen LogP contribution in [0.3, 0.4) is 0 Å². The van der Waals surface area contributed by atoms with E-state index in [0.717, 1.165) is 0 Å². The summed E-state index contributed by atoms with van der Waals surface area (Å²) in [6.45, 7) is 0. The van der Waals surface area contributed by atoms with Crippen LogP contribution < -0.4 is 0 Å². The molecule has 0 atom stereocenters. The van der Waals surface area contributed by atoms with Gasteiger partial charge in [-0.25, -0.2) is 13.8 Å². The van der Waals surface area contributed by atoms with Gasteiger partial charge < -0.3 is 5.11 Å². The van der Waals surface area contributed by atoms with Crippen LogP contribution in [0.15, 0.2) is 6.07 Å². The van der Waals surface area contributed by atoms with Crippen molar-refractivity contribution in [3.05, 3.63) is 23.3 Å². The fraction of sp³-hybridized carbons (Fsp3) is 0.143. The van der Waals surface area contributed by atoms with Crippen molar-refractivity contribution in [3.63, 3.8) is 0 Å². The van der Waals surface area contributed by atoms with Gasteiger partial charge in [0.25, 0.3) is 6.43 Å². The van der Waals surface area contributed by atoms with E-state index >= 15 is 0 Å². The van der Waals surface area contributed by atoms with Gasteiger partial charge in [0.15, 0.2) is 11.4 Å². The Bertz CT molecular complexity index is 373. The molecule has 0 aliphatic heterocycles. The Labute approximate surface area is 71.1 Å². The molecule has 6 heteroatoms. The summed E-state index contributed by atoms with van der Waals surface area (Å²) >= 11 is 0. The lowest BCUT2D eigenvalue weighted by Gasteiger charge is -2.02. The third-order valence-electron chi connectivity index (χ3n) is 1.32. The fourth-order valence-corrected chi connectivity index (χ4v) is 0.730. The van der Waals surface area contributed by atoms with E-state index in [4.69, 9.17) is 10.4 Å². The van der Waals surface area contributed by atoms with Crippen molar-refractivity contribution in [2.75, 3.05) is 0 Å². The van der Waals surface area contributed by atoms with Gasteiger partial charge in [0.2, 0.25) is 5.95 Å². The SMILES string of the molecule is N#Cc1nc(F)c(C(F)F)cc1O. The molecule has 0 unspecified atom stereocenters.